The monoisotopic (exact) mass is 585 g/mol. The normalized spacial score (nSPS) is 12.4. The summed E-state index contributed by atoms with van der Waals surface area (Å²) in [5.41, 5.74) is 2.50. The summed E-state index contributed by atoms with van der Waals surface area (Å²) >= 11 is 13.3. The molecule has 0 saturated heterocycles. The molecule has 0 bridgehead atoms. The highest BCUT2D eigenvalue weighted by Crippen LogP contribution is 2.35. The summed E-state index contributed by atoms with van der Waals surface area (Å²) in [6, 6.07) is 12.9. The van der Waals surface area contributed by atoms with Crippen molar-refractivity contribution >= 4 is 70.4 Å². The topological polar surface area (TPSA) is 12.0 Å². The fourth-order valence-corrected chi connectivity index (χ4v) is 3.99. The van der Waals surface area contributed by atoms with Crippen LogP contribution in [0.25, 0.3) is 0 Å². The van der Waals surface area contributed by atoms with E-state index < -0.39 is 0 Å². The molecule has 0 saturated carbocycles. The zero-order chi connectivity index (χ0) is 15.4. The zero-order valence-corrected chi connectivity index (χ0v) is 18.4. The van der Waals surface area contributed by atoms with Crippen LogP contribution in [0.5, 0.6) is 0 Å². The predicted octanol–water partition coefficient (Wildman–Crippen LogP) is 6.67. The van der Waals surface area contributed by atoms with Crippen LogP contribution in [-0.2, 0) is 0 Å². The summed E-state index contributed by atoms with van der Waals surface area (Å²) in [7, 11) is 0. The van der Waals surface area contributed by atoms with Crippen LogP contribution in [0.2, 0.25) is 0 Å². The molecule has 2 rings (SSSR count). The van der Waals surface area contributed by atoms with Gasteiger partial charge in [0.15, 0.2) is 0 Å². The van der Waals surface area contributed by atoms with E-state index in [0.29, 0.717) is 0 Å². The highest BCUT2D eigenvalue weighted by atomic mass is 127. The van der Waals surface area contributed by atoms with Gasteiger partial charge in [-0.05, 0) is 83.1 Å². The molecule has 0 amide bonds. The molecule has 0 spiro atoms. The van der Waals surface area contributed by atoms with Gasteiger partial charge in [0.05, 0.1) is 6.04 Å². The molecule has 2 aromatic rings. The van der Waals surface area contributed by atoms with Crippen LogP contribution in [0.4, 0.5) is 0 Å². The largest absolute Gasteiger partial charge is 0.306 e. The van der Waals surface area contributed by atoms with Gasteiger partial charge in [-0.2, -0.15) is 0 Å². The van der Waals surface area contributed by atoms with Gasteiger partial charge in [-0.1, -0.05) is 54.7 Å². The summed E-state index contributed by atoms with van der Waals surface area (Å²) in [6.45, 7) is 3.16. The average molecular weight is 588 g/mol. The molecule has 0 aliphatic carbocycles. The summed E-state index contributed by atoms with van der Waals surface area (Å²) in [6.07, 6.45) is 1.10. The Morgan fingerprint density at radius 3 is 2.29 bits per heavy atom. The van der Waals surface area contributed by atoms with E-state index in [2.05, 4.69) is 113 Å². The Balaban J connectivity index is 2.52. The van der Waals surface area contributed by atoms with Gasteiger partial charge in [0.2, 0.25) is 0 Å². The number of nitrogens with one attached hydrogen (secondary N) is 1. The molecule has 21 heavy (non-hydrogen) atoms. The lowest BCUT2D eigenvalue weighted by atomic mass is 9.98. The molecule has 0 aliphatic heterocycles. The summed E-state index contributed by atoms with van der Waals surface area (Å²) in [5.74, 6) is 0. The lowest BCUT2D eigenvalue weighted by Crippen LogP contribution is -2.24. The van der Waals surface area contributed by atoms with Gasteiger partial charge in [0.1, 0.15) is 0 Å². The van der Waals surface area contributed by atoms with E-state index in [1.807, 2.05) is 6.07 Å². The van der Waals surface area contributed by atoms with E-state index in [9.17, 15) is 0 Å². The van der Waals surface area contributed by atoms with E-state index >= 15 is 0 Å². The number of rotatable bonds is 5. The predicted molar refractivity (Wildman–Crippen MR) is 109 cm³/mol. The number of hydrogen-bond donors (Lipinski definition) is 1. The quantitative estimate of drug-likeness (QED) is 0.386. The molecule has 2 aromatic carbocycles. The second-order valence-electron chi connectivity index (χ2n) is 4.72. The number of halogens is 4. The third-order valence-electron chi connectivity index (χ3n) is 3.14. The van der Waals surface area contributed by atoms with Crippen LogP contribution in [-0.4, -0.2) is 6.54 Å². The molecular weight excluding hydrogens is 573 g/mol. The summed E-state index contributed by atoms with van der Waals surface area (Å²) in [5, 5.41) is 3.65. The van der Waals surface area contributed by atoms with Crippen LogP contribution in [0.1, 0.15) is 30.5 Å². The Kier molecular flexibility index (Phi) is 7.19. The second kappa shape index (κ2) is 8.43. The first-order valence-electron chi connectivity index (χ1n) is 6.66. The van der Waals surface area contributed by atoms with Gasteiger partial charge < -0.3 is 5.32 Å². The van der Waals surface area contributed by atoms with Crippen LogP contribution in [0.15, 0.2) is 49.8 Å². The maximum absolute atomic E-state index is 3.69. The van der Waals surface area contributed by atoms with Crippen LogP contribution < -0.4 is 5.32 Å². The van der Waals surface area contributed by atoms with E-state index in [1.54, 1.807) is 0 Å². The Morgan fingerprint density at radius 1 is 1.00 bits per heavy atom. The van der Waals surface area contributed by atoms with Crippen molar-refractivity contribution in [3.63, 3.8) is 0 Å². The first-order valence-corrected chi connectivity index (χ1v) is 10.1. The molecule has 1 unspecified atom stereocenters. The van der Waals surface area contributed by atoms with E-state index in [1.165, 1.54) is 14.7 Å². The lowest BCUT2D eigenvalue weighted by Gasteiger charge is -2.22. The maximum Gasteiger partial charge on any atom is 0.0599 e. The fourth-order valence-electron chi connectivity index (χ4n) is 2.15. The average Bonchev–Trinajstić information content (AvgIpc) is 2.46. The van der Waals surface area contributed by atoms with Gasteiger partial charge in [0.25, 0.3) is 0 Å². The Bertz CT molecular complexity index is 579. The van der Waals surface area contributed by atoms with Crippen molar-refractivity contribution < 1.29 is 0 Å². The highest BCUT2D eigenvalue weighted by Gasteiger charge is 2.19. The third-order valence-corrected chi connectivity index (χ3v) is 5.75. The molecule has 0 aromatic heterocycles. The van der Waals surface area contributed by atoms with Crippen LogP contribution in [0, 0.1) is 3.57 Å². The Labute approximate surface area is 164 Å². The molecule has 0 aliphatic rings. The van der Waals surface area contributed by atoms with Crippen LogP contribution in [0.3, 0.4) is 0 Å². The summed E-state index contributed by atoms with van der Waals surface area (Å²) in [4.78, 5) is 0. The summed E-state index contributed by atoms with van der Waals surface area (Å²) < 4.78 is 4.57. The molecule has 0 heterocycles. The Morgan fingerprint density at radius 2 is 1.62 bits per heavy atom. The molecular formula is C16H15Br3IN. The van der Waals surface area contributed by atoms with Crippen molar-refractivity contribution in [1.82, 2.24) is 5.32 Å². The van der Waals surface area contributed by atoms with Gasteiger partial charge in [-0.15, -0.1) is 0 Å². The molecule has 1 N–H and O–H groups in total. The fraction of sp³-hybridized carbons (Fsp3) is 0.250. The van der Waals surface area contributed by atoms with Gasteiger partial charge >= 0.3 is 0 Å². The van der Waals surface area contributed by atoms with Crippen molar-refractivity contribution in [3.05, 3.63) is 64.5 Å². The van der Waals surface area contributed by atoms with Crippen molar-refractivity contribution in [2.45, 2.75) is 19.4 Å². The van der Waals surface area contributed by atoms with Crippen molar-refractivity contribution in [2.24, 2.45) is 0 Å². The SMILES string of the molecule is CCCNC(c1cc(Br)ccc1Br)c1cc(I)ccc1Br. The first kappa shape index (κ1) is 17.9. The Hall–Kier alpha value is 0.570. The standard InChI is InChI=1S/C16H15Br3IN/c1-2-7-21-16(12-8-10(17)3-5-14(12)18)13-9-11(20)4-6-15(13)19/h3-6,8-9,16,21H,2,7H2,1H3. The van der Waals surface area contributed by atoms with Crippen LogP contribution >= 0.6 is 70.4 Å². The van der Waals surface area contributed by atoms with Crippen molar-refractivity contribution in [1.29, 1.82) is 0 Å². The number of hydrogen-bond acceptors (Lipinski definition) is 1. The van der Waals surface area contributed by atoms with Gasteiger partial charge in [-0.25, -0.2) is 0 Å². The lowest BCUT2D eigenvalue weighted by molar-refractivity contribution is 0.595. The molecule has 0 radical (unpaired) electrons. The van der Waals surface area contributed by atoms with Gasteiger partial charge in [0, 0.05) is 17.0 Å². The highest BCUT2D eigenvalue weighted by molar-refractivity contribution is 14.1. The van der Waals surface area contributed by atoms with E-state index in [0.717, 1.165) is 26.4 Å². The molecule has 5 heteroatoms. The molecule has 1 nitrogen and oxygen atoms in total. The third kappa shape index (κ3) is 4.77. The molecule has 1 atom stereocenters. The minimum atomic E-state index is 0.154. The van der Waals surface area contributed by atoms with E-state index in [-0.39, 0.29) is 6.04 Å². The number of benzene rings is 2. The van der Waals surface area contributed by atoms with Gasteiger partial charge in [-0.3, -0.25) is 0 Å². The molecule has 0 fully saturated rings. The van der Waals surface area contributed by atoms with Crippen molar-refractivity contribution in [3.8, 4) is 0 Å². The minimum Gasteiger partial charge on any atom is -0.306 e. The smallest absolute Gasteiger partial charge is 0.0599 e. The molecule has 112 valence electrons. The minimum absolute atomic E-state index is 0.154. The maximum atomic E-state index is 3.69. The van der Waals surface area contributed by atoms with Crippen molar-refractivity contribution in [2.75, 3.05) is 6.54 Å². The zero-order valence-electron chi connectivity index (χ0n) is 11.5. The second-order valence-corrected chi connectivity index (χ2v) is 8.59. The first-order chi connectivity index (χ1) is 10.0. The van der Waals surface area contributed by atoms with E-state index in [4.69, 9.17) is 0 Å².